The van der Waals surface area contributed by atoms with Crippen LogP contribution in [0.4, 0.5) is 17.5 Å². The Morgan fingerprint density at radius 2 is 2.00 bits per heavy atom. The van der Waals surface area contributed by atoms with E-state index in [0.717, 1.165) is 0 Å². The zero-order valence-corrected chi connectivity index (χ0v) is 18.6. The van der Waals surface area contributed by atoms with Crippen LogP contribution in [0.1, 0.15) is 30.7 Å². The number of fused-ring (bicyclic) bond motifs is 1. The average molecular weight is 475 g/mol. The molecule has 2 aromatic rings. The smallest absolute Gasteiger partial charge is 0.258 e. The highest BCUT2D eigenvalue weighted by Gasteiger charge is 2.36. The van der Waals surface area contributed by atoms with Crippen LogP contribution in [0, 0.1) is 5.92 Å². The predicted molar refractivity (Wildman–Crippen MR) is 122 cm³/mol. The van der Waals surface area contributed by atoms with Gasteiger partial charge in [-0.1, -0.05) is 11.6 Å². The lowest BCUT2D eigenvalue weighted by Crippen LogP contribution is -2.41. The summed E-state index contributed by atoms with van der Waals surface area (Å²) in [6.07, 6.45) is 0.861. The number of nitrogens with zero attached hydrogens (tertiary/aromatic N) is 2. The van der Waals surface area contributed by atoms with Crippen LogP contribution >= 0.6 is 11.6 Å². The second-order valence-electron chi connectivity index (χ2n) is 7.95. The van der Waals surface area contributed by atoms with Gasteiger partial charge >= 0.3 is 0 Å². The van der Waals surface area contributed by atoms with Crippen molar-refractivity contribution < 1.29 is 19.1 Å². The molecule has 4 rings (SSSR count). The molecule has 1 aromatic carbocycles. The Balaban J connectivity index is 1.61. The van der Waals surface area contributed by atoms with E-state index in [4.69, 9.17) is 22.1 Å². The highest BCUT2D eigenvalue weighted by Crippen LogP contribution is 2.33. The van der Waals surface area contributed by atoms with E-state index < -0.39 is 23.3 Å². The number of aromatic amines is 1. The SMILES string of the molecule is COc1ccc(Cl)cc1NC(=O)C1CC(=O)Nc2nc(N3CCC(C(N)=O)CC3)[nH]c(=O)c21. The van der Waals surface area contributed by atoms with Gasteiger partial charge in [-0.2, -0.15) is 4.98 Å². The summed E-state index contributed by atoms with van der Waals surface area (Å²) < 4.78 is 5.24. The van der Waals surface area contributed by atoms with Gasteiger partial charge in [0, 0.05) is 30.5 Å². The van der Waals surface area contributed by atoms with Gasteiger partial charge in [-0.05, 0) is 31.0 Å². The van der Waals surface area contributed by atoms with E-state index in [2.05, 4.69) is 20.6 Å². The number of methoxy groups -OCH3 is 1. The molecule has 0 bridgehead atoms. The van der Waals surface area contributed by atoms with Crippen LogP contribution in [0.5, 0.6) is 5.75 Å². The molecule has 33 heavy (non-hydrogen) atoms. The second-order valence-corrected chi connectivity index (χ2v) is 8.39. The molecular formula is C21H23ClN6O5. The number of anilines is 3. The second kappa shape index (κ2) is 9.10. The van der Waals surface area contributed by atoms with Crippen molar-refractivity contribution in [1.29, 1.82) is 0 Å². The summed E-state index contributed by atoms with van der Waals surface area (Å²) >= 11 is 6.02. The first kappa shape index (κ1) is 22.6. The molecule has 2 aliphatic heterocycles. The van der Waals surface area contributed by atoms with Crippen LogP contribution in [0.2, 0.25) is 5.02 Å². The minimum atomic E-state index is -1.05. The third-order valence-corrected chi connectivity index (χ3v) is 6.11. The third-order valence-electron chi connectivity index (χ3n) is 5.87. The van der Waals surface area contributed by atoms with Gasteiger partial charge in [-0.25, -0.2) is 0 Å². The molecule has 0 radical (unpaired) electrons. The largest absolute Gasteiger partial charge is 0.495 e. The highest BCUT2D eigenvalue weighted by atomic mass is 35.5. The summed E-state index contributed by atoms with van der Waals surface area (Å²) in [4.78, 5) is 58.7. The molecule has 1 atom stereocenters. The molecule has 1 aromatic heterocycles. The molecule has 1 saturated heterocycles. The van der Waals surface area contributed by atoms with Gasteiger partial charge in [0.1, 0.15) is 11.6 Å². The van der Waals surface area contributed by atoms with Crippen molar-refractivity contribution in [3.05, 3.63) is 39.1 Å². The van der Waals surface area contributed by atoms with Gasteiger partial charge in [-0.3, -0.25) is 24.2 Å². The van der Waals surface area contributed by atoms with Crippen molar-refractivity contribution in [2.75, 3.05) is 35.7 Å². The molecule has 12 heteroatoms. The molecular weight excluding hydrogens is 452 g/mol. The number of amides is 3. The van der Waals surface area contributed by atoms with Crippen LogP contribution in [-0.4, -0.2) is 47.9 Å². The van der Waals surface area contributed by atoms with Gasteiger partial charge < -0.3 is 26.0 Å². The maximum absolute atomic E-state index is 13.1. The summed E-state index contributed by atoms with van der Waals surface area (Å²) in [5.74, 6) is -1.93. The third kappa shape index (κ3) is 4.63. The van der Waals surface area contributed by atoms with Crippen LogP contribution in [0.25, 0.3) is 0 Å². The summed E-state index contributed by atoms with van der Waals surface area (Å²) in [6, 6.07) is 4.73. The Hall–Kier alpha value is -3.60. The monoisotopic (exact) mass is 474 g/mol. The van der Waals surface area contributed by atoms with E-state index in [1.165, 1.54) is 13.2 Å². The van der Waals surface area contributed by atoms with E-state index in [1.807, 2.05) is 4.90 Å². The summed E-state index contributed by atoms with van der Waals surface area (Å²) in [5, 5.41) is 5.67. The number of H-pyrrole nitrogens is 1. The number of hydrogen-bond donors (Lipinski definition) is 4. The maximum Gasteiger partial charge on any atom is 0.258 e. The number of carbonyl (C=O) groups excluding carboxylic acids is 3. The van der Waals surface area contributed by atoms with Crippen LogP contribution in [0.3, 0.4) is 0 Å². The molecule has 0 aliphatic carbocycles. The number of nitrogens with two attached hydrogens (primary N) is 1. The number of primary amides is 1. The van der Waals surface area contributed by atoms with Crippen LogP contribution in [-0.2, 0) is 14.4 Å². The lowest BCUT2D eigenvalue weighted by molar-refractivity contribution is -0.123. The normalized spacial score (nSPS) is 18.3. The number of rotatable bonds is 5. The van der Waals surface area contributed by atoms with Crippen LogP contribution < -0.4 is 31.6 Å². The molecule has 3 heterocycles. The number of aromatic nitrogens is 2. The summed E-state index contributed by atoms with van der Waals surface area (Å²) in [6.45, 7) is 0.948. The molecule has 174 valence electrons. The Bertz CT molecular complexity index is 1170. The first-order valence-corrected chi connectivity index (χ1v) is 10.8. The number of halogens is 1. The number of piperidine rings is 1. The topological polar surface area (TPSA) is 160 Å². The quantitative estimate of drug-likeness (QED) is 0.506. The zero-order chi connectivity index (χ0) is 23.7. The Kier molecular flexibility index (Phi) is 6.23. The van der Waals surface area contributed by atoms with Gasteiger partial charge in [0.2, 0.25) is 23.7 Å². The molecule has 0 spiro atoms. The maximum atomic E-state index is 13.1. The lowest BCUT2D eigenvalue weighted by atomic mass is 9.92. The van der Waals surface area contributed by atoms with Gasteiger partial charge in [0.05, 0.1) is 24.3 Å². The minimum absolute atomic E-state index is 0.0419. The van der Waals surface area contributed by atoms with E-state index >= 15 is 0 Å². The van der Waals surface area contributed by atoms with Gasteiger partial charge in [0.15, 0.2) is 0 Å². The fraction of sp³-hybridized carbons (Fsp3) is 0.381. The molecule has 1 unspecified atom stereocenters. The molecule has 1 fully saturated rings. The summed E-state index contributed by atoms with van der Waals surface area (Å²) in [5.41, 5.74) is 5.25. The van der Waals surface area contributed by atoms with Crippen molar-refractivity contribution in [3.8, 4) is 5.75 Å². The number of carbonyl (C=O) groups is 3. The van der Waals surface area contributed by atoms with E-state index in [9.17, 15) is 19.2 Å². The van der Waals surface area contributed by atoms with Gasteiger partial charge in [0.25, 0.3) is 5.56 Å². The number of benzene rings is 1. The van der Waals surface area contributed by atoms with Crippen molar-refractivity contribution in [2.24, 2.45) is 11.7 Å². The molecule has 5 N–H and O–H groups in total. The zero-order valence-electron chi connectivity index (χ0n) is 17.8. The highest BCUT2D eigenvalue weighted by molar-refractivity contribution is 6.31. The van der Waals surface area contributed by atoms with Crippen molar-refractivity contribution >= 4 is 46.8 Å². The van der Waals surface area contributed by atoms with Crippen molar-refractivity contribution in [2.45, 2.75) is 25.2 Å². The fourth-order valence-electron chi connectivity index (χ4n) is 4.11. The van der Waals surface area contributed by atoms with Crippen molar-refractivity contribution in [3.63, 3.8) is 0 Å². The average Bonchev–Trinajstić information content (AvgIpc) is 2.78. The number of hydrogen-bond acceptors (Lipinski definition) is 7. The standard InChI is InChI=1S/C21H23ClN6O5/c1-33-14-3-2-11(22)8-13(14)24-19(31)12-9-15(29)25-18-16(12)20(32)27-21(26-18)28-6-4-10(5-7-28)17(23)30/h2-3,8,10,12H,4-7,9H2,1H3,(H2,23,30)(H,24,31)(H2,25,26,27,29,32). The fourth-order valence-corrected chi connectivity index (χ4v) is 4.28. The Labute approximate surface area is 193 Å². The van der Waals surface area contributed by atoms with Crippen LogP contribution in [0.15, 0.2) is 23.0 Å². The Morgan fingerprint density at radius 1 is 1.27 bits per heavy atom. The first-order valence-electron chi connectivity index (χ1n) is 10.4. The lowest BCUT2D eigenvalue weighted by Gasteiger charge is -2.32. The van der Waals surface area contributed by atoms with E-state index in [1.54, 1.807) is 12.1 Å². The first-order chi connectivity index (χ1) is 15.8. The number of ether oxygens (including phenoxy) is 1. The Morgan fingerprint density at radius 3 is 2.67 bits per heavy atom. The molecule has 0 saturated carbocycles. The molecule has 3 amide bonds. The molecule has 2 aliphatic rings. The summed E-state index contributed by atoms with van der Waals surface area (Å²) in [7, 11) is 1.45. The van der Waals surface area contributed by atoms with E-state index in [0.29, 0.717) is 42.4 Å². The van der Waals surface area contributed by atoms with Gasteiger partial charge in [-0.15, -0.1) is 0 Å². The predicted octanol–water partition coefficient (Wildman–Crippen LogP) is 1.20. The van der Waals surface area contributed by atoms with E-state index in [-0.39, 0.29) is 35.6 Å². The minimum Gasteiger partial charge on any atom is -0.495 e. The number of nitrogens with one attached hydrogen (secondary N) is 3. The van der Waals surface area contributed by atoms with Crippen molar-refractivity contribution in [1.82, 2.24) is 9.97 Å². The molecule has 11 nitrogen and oxygen atoms in total.